The Hall–Kier alpha value is -3.09. The van der Waals surface area contributed by atoms with Crippen molar-refractivity contribution in [2.24, 2.45) is 5.92 Å². The SMILES string of the molecule is COc1ccc(CCC(=O)N2CCC(C(=O)c3ccc4c(c3)OCCO4)CC2)cc1F. The van der Waals surface area contributed by atoms with Crippen LogP contribution >= 0.6 is 0 Å². The lowest BCUT2D eigenvalue weighted by molar-refractivity contribution is -0.132. The molecule has 1 fully saturated rings. The number of rotatable bonds is 6. The Labute approximate surface area is 180 Å². The lowest BCUT2D eigenvalue weighted by Crippen LogP contribution is -2.40. The second kappa shape index (κ2) is 9.37. The lowest BCUT2D eigenvalue weighted by Gasteiger charge is -2.31. The first kappa shape index (κ1) is 21.2. The van der Waals surface area contributed by atoms with Crippen molar-refractivity contribution in [3.8, 4) is 17.2 Å². The predicted octanol–water partition coefficient (Wildman–Crippen LogP) is 3.66. The van der Waals surface area contributed by atoms with E-state index in [1.807, 2.05) is 0 Å². The molecular weight excluding hydrogens is 401 g/mol. The van der Waals surface area contributed by atoms with Gasteiger partial charge in [0.1, 0.15) is 13.2 Å². The topological polar surface area (TPSA) is 65.1 Å². The first-order valence-electron chi connectivity index (χ1n) is 10.6. The normalized spacial score (nSPS) is 16.1. The van der Waals surface area contributed by atoms with Crippen molar-refractivity contribution in [2.75, 3.05) is 33.4 Å². The Morgan fingerprint density at radius 2 is 1.81 bits per heavy atom. The number of halogens is 1. The molecule has 0 spiro atoms. The summed E-state index contributed by atoms with van der Waals surface area (Å²) in [4.78, 5) is 27.3. The third-order valence-electron chi connectivity index (χ3n) is 5.89. The monoisotopic (exact) mass is 427 g/mol. The van der Waals surface area contributed by atoms with Crippen LogP contribution < -0.4 is 14.2 Å². The molecule has 2 aliphatic heterocycles. The maximum atomic E-state index is 13.8. The zero-order valence-corrected chi connectivity index (χ0v) is 17.6. The summed E-state index contributed by atoms with van der Waals surface area (Å²) in [7, 11) is 1.42. The molecule has 31 heavy (non-hydrogen) atoms. The maximum absolute atomic E-state index is 13.8. The van der Waals surface area contributed by atoms with Crippen molar-refractivity contribution in [3.05, 3.63) is 53.3 Å². The largest absolute Gasteiger partial charge is 0.494 e. The van der Waals surface area contributed by atoms with E-state index in [-0.39, 0.29) is 23.4 Å². The highest BCUT2D eigenvalue weighted by atomic mass is 19.1. The standard InChI is InChI=1S/C24H26FNO5/c1-29-20-5-2-16(14-19(20)25)3-7-23(27)26-10-8-17(9-11-26)24(28)18-4-6-21-22(15-18)31-13-12-30-21/h2,4-6,14-15,17H,3,7-13H2,1H3. The highest BCUT2D eigenvalue weighted by Gasteiger charge is 2.28. The van der Waals surface area contributed by atoms with Crippen LogP contribution in [0.1, 0.15) is 35.2 Å². The van der Waals surface area contributed by atoms with Gasteiger partial charge in [0.2, 0.25) is 5.91 Å². The summed E-state index contributed by atoms with van der Waals surface area (Å²) in [6.07, 6.45) is 2.05. The molecule has 0 aromatic heterocycles. The smallest absolute Gasteiger partial charge is 0.222 e. The number of amides is 1. The van der Waals surface area contributed by atoms with Gasteiger partial charge in [0.05, 0.1) is 7.11 Å². The van der Waals surface area contributed by atoms with Gasteiger partial charge in [0.15, 0.2) is 28.8 Å². The maximum Gasteiger partial charge on any atom is 0.222 e. The van der Waals surface area contributed by atoms with Crippen LogP contribution in [0.2, 0.25) is 0 Å². The van der Waals surface area contributed by atoms with Crippen LogP contribution in [0, 0.1) is 11.7 Å². The van der Waals surface area contributed by atoms with Crippen LogP contribution in [0.15, 0.2) is 36.4 Å². The Bertz CT molecular complexity index is 968. The number of aryl methyl sites for hydroxylation is 1. The van der Waals surface area contributed by atoms with Crippen LogP contribution in [0.4, 0.5) is 4.39 Å². The van der Waals surface area contributed by atoms with Gasteiger partial charge in [-0.25, -0.2) is 4.39 Å². The van der Waals surface area contributed by atoms with Gasteiger partial charge in [-0.1, -0.05) is 6.07 Å². The molecule has 2 aliphatic rings. The van der Waals surface area contributed by atoms with E-state index in [0.717, 1.165) is 5.56 Å². The third-order valence-corrected chi connectivity index (χ3v) is 5.89. The van der Waals surface area contributed by atoms with Crippen LogP contribution in [-0.2, 0) is 11.2 Å². The number of nitrogens with zero attached hydrogens (tertiary/aromatic N) is 1. The van der Waals surface area contributed by atoms with Gasteiger partial charge >= 0.3 is 0 Å². The van der Waals surface area contributed by atoms with E-state index in [1.165, 1.54) is 13.2 Å². The molecule has 0 unspecified atom stereocenters. The summed E-state index contributed by atoms with van der Waals surface area (Å²) in [5, 5.41) is 0. The van der Waals surface area contributed by atoms with Gasteiger partial charge in [-0.3, -0.25) is 9.59 Å². The molecule has 7 heteroatoms. The highest BCUT2D eigenvalue weighted by molar-refractivity contribution is 5.98. The van der Waals surface area contributed by atoms with Gasteiger partial charge in [0, 0.05) is 31.0 Å². The van der Waals surface area contributed by atoms with Crippen molar-refractivity contribution >= 4 is 11.7 Å². The molecular formula is C24H26FNO5. The highest BCUT2D eigenvalue weighted by Crippen LogP contribution is 2.32. The molecule has 0 N–H and O–H groups in total. The molecule has 164 valence electrons. The minimum Gasteiger partial charge on any atom is -0.494 e. The van der Waals surface area contributed by atoms with Crippen molar-refractivity contribution in [1.29, 1.82) is 0 Å². The Balaban J connectivity index is 1.28. The van der Waals surface area contributed by atoms with E-state index in [4.69, 9.17) is 14.2 Å². The molecule has 0 atom stereocenters. The van der Waals surface area contributed by atoms with Gasteiger partial charge in [-0.15, -0.1) is 0 Å². The van der Waals surface area contributed by atoms with E-state index in [2.05, 4.69) is 0 Å². The van der Waals surface area contributed by atoms with Crippen molar-refractivity contribution < 1.29 is 28.2 Å². The number of benzene rings is 2. The minimum absolute atomic E-state index is 0.0291. The fraction of sp³-hybridized carbons (Fsp3) is 0.417. The molecule has 4 rings (SSSR count). The van der Waals surface area contributed by atoms with Crippen LogP contribution in [0.5, 0.6) is 17.2 Å². The zero-order valence-electron chi connectivity index (χ0n) is 17.6. The second-order valence-electron chi connectivity index (χ2n) is 7.85. The summed E-state index contributed by atoms with van der Waals surface area (Å²) in [5.74, 6) is 1.05. The number of carbonyl (C=O) groups is 2. The second-order valence-corrected chi connectivity index (χ2v) is 7.85. The van der Waals surface area contributed by atoms with Gasteiger partial charge in [0.25, 0.3) is 0 Å². The number of likely N-dealkylation sites (tertiary alicyclic amines) is 1. The van der Waals surface area contributed by atoms with Crippen molar-refractivity contribution in [3.63, 3.8) is 0 Å². The summed E-state index contributed by atoms with van der Waals surface area (Å²) in [6.45, 7) is 2.10. The molecule has 0 radical (unpaired) electrons. The first-order valence-corrected chi connectivity index (χ1v) is 10.6. The number of methoxy groups -OCH3 is 1. The molecule has 1 amide bonds. The average molecular weight is 427 g/mol. The fourth-order valence-electron chi connectivity index (χ4n) is 4.10. The van der Waals surface area contributed by atoms with E-state index < -0.39 is 5.82 Å². The van der Waals surface area contributed by atoms with Gasteiger partial charge in [-0.05, 0) is 55.2 Å². The number of piperidine rings is 1. The van der Waals surface area contributed by atoms with Gasteiger partial charge < -0.3 is 19.1 Å². The van der Waals surface area contributed by atoms with Crippen LogP contribution in [0.3, 0.4) is 0 Å². The van der Waals surface area contributed by atoms with E-state index in [1.54, 1.807) is 35.2 Å². The first-order chi connectivity index (χ1) is 15.0. The van der Waals surface area contributed by atoms with Gasteiger partial charge in [-0.2, -0.15) is 0 Å². The number of ether oxygens (including phenoxy) is 3. The number of Topliss-reactive ketones (excluding diaryl/α,β-unsaturated/α-hetero) is 1. The lowest BCUT2D eigenvalue weighted by atomic mass is 9.88. The summed E-state index contributed by atoms with van der Waals surface area (Å²) < 4.78 is 29.8. The molecule has 0 aliphatic carbocycles. The quantitative estimate of drug-likeness (QED) is 0.659. The van der Waals surface area contributed by atoms with E-state index in [0.29, 0.717) is 69.0 Å². The minimum atomic E-state index is -0.425. The van der Waals surface area contributed by atoms with Crippen LogP contribution in [0.25, 0.3) is 0 Å². The molecule has 6 nitrogen and oxygen atoms in total. The molecule has 2 aromatic carbocycles. The Morgan fingerprint density at radius 3 is 2.52 bits per heavy atom. The predicted molar refractivity (Wildman–Crippen MR) is 112 cm³/mol. The van der Waals surface area contributed by atoms with Crippen molar-refractivity contribution in [1.82, 2.24) is 4.90 Å². The summed E-state index contributed by atoms with van der Waals surface area (Å²) >= 11 is 0. The number of fused-ring (bicyclic) bond motifs is 1. The van der Waals surface area contributed by atoms with Crippen molar-refractivity contribution in [2.45, 2.75) is 25.7 Å². The third kappa shape index (κ3) is 4.81. The average Bonchev–Trinajstić information content (AvgIpc) is 2.82. The fourth-order valence-corrected chi connectivity index (χ4v) is 4.10. The summed E-state index contributed by atoms with van der Waals surface area (Å²) in [6, 6.07) is 10.1. The number of ketones is 1. The molecule has 2 heterocycles. The van der Waals surface area contributed by atoms with E-state index >= 15 is 0 Å². The number of hydrogen-bond donors (Lipinski definition) is 0. The molecule has 1 saturated heterocycles. The molecule has 0 saturated carbocycles. The molecule has 2 aromatic rings. The summed E-state index contributed by atoms with van der Waals surface area (Å²) in [5.41, 5.74) is 1.38. The van der Waals surface area contributed by atoms with E-state index in [9.17, 15) is 14.0 Å². The number of carbonyl (C=O) groups excluding carboxylic acids is 2. The zero-order chi connectivity index (χ0) is 21.8. The van der Waals surface area contributed by atoms with Crippen LogP contribution in [-0.4, -0.2) is 50.0 Å². The number of hydrogen-bond acceptors (Lipinski definition) is 5. The Morgan fingerprint density at radius 1 is 1.06 bits per heavy atom. The molecule has 0 bridgehead atoms. The Kier molecular flexibility index (Phi) is 6.39.